The largest absolute Gasteiger partial charge is 0.353 e. The van der Waals surface area contributed by atoms with Gasteiger partial charge in [-0.05, 0) is 56.5 Å². The predicted molar refractivity (Wildman–Crippen MR) is 78.9 cm³/mol. The first-order valence-electron chi connectivity index (χ1n) is 8.15. The van der Waals surface area contributed by atoms with E-state index in [0.29, 0.717) is 24.3 Å². The van der Waals surface area contributed by atoms with Crippen molar-refractivity contribution in [3.8, 4) is 0 Å². The molecule has 1 saturated heterocycles. The van der Waals surface area contributed by atoms with Crippen molar-refractivity contribution in [2.24, 2.45) is 17.8 Å². The molecule has 1 aliphatic heterocycles. The molecular weight excluding hydrogens is 236 g/mol. The lowest BCUT2D eigenvalue weighted by Gasteiger charge is -2.30. The Hall–Kier alpha value is -0.570. The Bertz CT molecular complexity index is 286. The number of rotatable bonds is 4. The molecule has 1 aliphatic carbocycles. The molecule has 0 radical (unpaired) electrons. The fraction of sp³-hybridized carbons (Fsp3) is 0.938. The molecular formula is C16H30N2O. The Balaban J connectivity index is 1.70. The van der Waals surface area contributed by atoms with E-state index in [2.05, 4.69) is 24.5 Å². The third-order valence-electron chi connectivity index (χ3n) is 4.95. The molecule has 4 atom stereocenters. The van der Waals surface area contributed by atoms with Crippen LogP contribution in [0.3, 0.4) is 0 Å². The van der Waals surface area contributed by atoms with Gasteiger partial charge in [0.15, 0.2) is 0 Å². The highest BCUT2D eigenvalue weighted by molar-refractivity contribution is 5.76. The van der Waals surface area contributed by atoms with E-state index in [0.717, 1.165) is 19.0 Å². The molecule has 0 aromatic heterocycles. The van der Waals surface area contributed by atoms with Gasteiger partial charge in [0.2, 0.25) is 5.91 Å². The van der Waals surface area contributed by atoms with Gasteiger partial charge in [0.25, 0.3) is 0 Å². The average molecular weight is 266 g/mol. The van der Waals surface area contributed by atoms with Crippen LogP contribution in [0.1, 0.15) is 58.8 Å². The van der Waals surface area contributed by atoms with Crippen molar-refractivity contribution in [1.29, 1.82) is 0 Å². The third kappa shape index (κ3) is 4.79. The van der Waals surface area contributed by atoms with Crippen LogP contribution >= 0.6 is 0 Å². The molecule has 110 valence electrons. The van der Waals surface area contributed by atoms with Gasteiger partial charge >= 0.3 is 0 Å². The first kappa shape index (κ1) is 14.8. The minimum atomic E-state index is 0.275. The minimum Gasteiger partial charge on any atom is -0.353 e. The van der Waals surface area contributed by atoms with E-state index in [9.17, 15) is 4.79 Å². The molecule has 1 amide bonds. The molecule has 2 rings (SSSR count). The Morgan fingerprint density at radius 3 is 2.84 bits per heavy atom. The van der Waals surface area contributed by atoms with Gasteiger partial charge in [-0.2, -0.15) is 0 Å². The van der Waals surface area contributed by atoms with Crippen molar-refractivity contribution in [2.75, 3.05) is 13.1 Å². The van der Waals surface area contributed by atoms with Gasteiger partial charge < -0.3 is 10.6 Å². The molecule has 0 bridgehead atoms. The number of nitrogens with one attached hydrogen (secondary N) is 2. The van der Waals surface area contributed by atoms with Crippen LogP contribution in [-0.2, 0) is 4.79 Å². The topological polar surface area (TPSA) is 41.1 Å². The number of carbonyl (C=O) groups excluding carboxylic acids is 1. The van der Waals surface area contributed by atoms with Gasteiger partial charge in [0.05, 0.1) is 0 Å². The molecule has 3 heteroatoms. The molecule has 4 unspecified atom stereocenters. The Kier molecular flexibility index (Phi) is 5.68. The van der Waals surface area contributed by atoms with Crippen LogP contribution in [0.5, 0.6) is 0 Å². The molecule has 1 saturated carbocycles. The molecule has 1 heterocycles. The summed E-state index contributed by atoms with van der Waals surface area (Å²) in [6, 6.07) is 0.438. The normalized spacial score (nSPS) is 33.7. The molecule has 2 fully saturated rings. The zero-order chi connectivity index (χ0) is 13.7. The maximum atomic E-state index is 12.1. The second-order valence-corrected chi connectivity index (χ2v) is 6.82. The lowest BCUT2D eigenvalue weighted by molar-refractivity contribution is -0.123. The van der Waals surface area contributed by atoms with Crippen LogP contribution in [-0.4, -0.2) is 25.0 Å². The summed E-state index contributed by atoms with van der Waals surface area (Å²) in [7, 11) is 0. The number of hydrogen-bond donors (Lipinski definition) is 2. The molecule has 0 spiro atoms. The molecule has 0 aromatic carbocycles. The maximum Gasteiger partial charge on any atom is 0.220 e. The highest BCUT2D eigenvalue weighted by Crippen LogP contribution is 2.25. The first-order valence-corrected chi connectivity index (χ1v) is 8.15. The van der Waals surface area contributed by atoms with E-state index in [1.54, 1.807) is 0 Å². The standard InChI is InChI=1S/C16H30N2O/c1-12-5-3-7-15(9-12)18-16(19)10-13(2)14-6-4-8-17-11-14/h12-15,17H,3-11H2,1-2H3,(H,18,19). The van der Waals surface area contributed by atoms with E-state index < -0.39 is 0 Å². The lowest BCUT2D eigenvalue weighted by Crippen LogP contribution is -2.40. The van der Waals surface area contributed by atoms with Crippen molar-refractivity contribution in [1.82, 2.24) is 10.6 Å². The fourth-order valence-electron chi connectivity index (χ4n) is 3.68. The maximum absolute atomic E-state index is 12.1. The Morgan fingerprint density at radius 1 is 1.32 bits per heavy atom. The highest BCUT2D eigenvalue weighted by atomic mass is 16.1. The van der Waals surface area contributed by atoms with Crippen LogP contribution in [0.2, 0.25) is 0 Å². The van der Waals surface area contributed by atoms with Gasteiger partial charge in [-0.25, -0.2) is 0 Å². The fourth-order valence-corrected chi connectivity index (χ4v) is 3.68. The second kappa shape index (κ2) is 7.28. The van der Waals surface area contributed by atoms with Crippen molar-refractivity contribution < 1.29 is 4.79 Å². The van der Waals surface area contributed by atoms with Crippen molar-refractivity contribution in [2.45, 2.75) is 64.8 Å². The number of hydrogen-bond acceptors (Lipinski definition) is 2. The van der Waals surface area contributed by atoms with Gasteiger partial charge in [-0.1, -0.05) is 26.7 Å². The Labute approximate surface area is 117 Å². The van der Waals surface area contributed by atoms with E-state index in [4.69, 9.17) is 0 Å². The van der Waals surface area contributed by atoms with Gasteiger partial charge in [0.1, 0.15) is 0 Å². The number of amides is 1. The summed E-state index contributed by atoms with van der Waals surface area (Å²) < 4.78 is 0. The van der Waals surface area contributed by atoms with Crippen LogP contribution in [0.25, 0.3) is 0 Å². The van der Waals surface area contributed by atoms with Gasteiger partial charge in [-0.3, -0.25) is 4.79 Å². The zero-order valence-electron chi connectivity index (χ0n) is 12.6. The molecule has 3 nitrogen and oxygen atoms in total. The van der Waals surface area contributed by atoms with E-state index in [1.807, 2.05) is 0 Å². The monoisotopic (exact) mass is 266 g/mol. The molecule has 2 aliphatic rings. The summed E-state index contributed by atoms with van der Waals surface area (Å²) in [4.78, 5) is 12.1. The summed E-state index contributed by atoms with van der Waals surface area (Å²) in [6.07, 6.45) is 8.20. The third-order valence-corrected chi connectivity index (χ3v) is 4.95. The van der Waals surface area contributed by atoms with Crippen molar-refractivity contribution in [3.63, 3.8) is 0 Å². The van der Waals surface area contributed by atoms with Crippen LogP contribution in [0.15, 0.2) is 0 Å². The lowest BCUT2D eigenvalue weighted by atomic mass is 9.84. The smallest absolute Gasteiger partial charge is 0.220 e. The molecule has 0 aromatic rings. The summed E-state index contributed by atoms with van der Waals surface area (Å²) in [5, 5.41) is 6.70. The number of piperidine rings is 1. The van der Waals surface area contributed by atoms with E-state index >= 15 is 0 Å². The Morgan fingerprint density at radius 2 is 2.16 bits per heavy atom. The second-order valence-electron chi connectivity index (χ2n) is 6.82. The molecule has 2 N–H and O–H groups in total. The number of carbonyl (C=O) groups is 1. The zero-order valence-corrected chi connectivity index (χ0v) is 12.6. The quantitative estimate of drug-likeness (QED) is 0.821. The SMILES string of the molecule is CC1CCCC(NC(=O)CC(C)C2CCCNC2)C1. The summed E-state index contributed by atoms with van der Waals surface area (Å²) in [5.74, 6) is 2.25. The van der Waals surface area contributed by atoms with E-state index in [1.165, 1.54) is 38.5 Å². The van der Waals surface area contributed by atoms with Crippen LogP contribution in [0.4, 0.5) is 0 Å². The van der Waals surface area contributed by atoms with Crippen molar-refractivity contribution >= 4 is 5.91 Å². The van der Waals surface area contributed by atoms with E-state index in [-0.39, 0.29) is 5.91 Å². The van der Waals surface area contributed by atoms with Gasteiger partial charge in [0, 0.05) is 12.5 Å². The van der Waals surface area contributed by atoms with Gasteiger partial charge in [-0.15, -0.1) is 0 Å². The summed E-state index contributed by atoms with van der Waals surface area (Å²) in [6.45, 7) is 6.78. The minimum absolute atomic E-state index is 0.275. The van der Waals surface area contributed by atoms with Crippen molar-refractivity contribution in [3.05, 3.63) is 0 Å². The first-order chi connectivity index (χ1) is 9.15. The highest BCUT2D eigenvalue weighted by Gasteiger charge is 2.24. The summed E-state index contributed by atoms with van der Waals surface area (Å²) >= 11 is 0. The van der Waals surface area contributed by atoms with Crippen LogP contribution in [0, 0.1) is 17.8 Å². The average Bonchev–Trinajstić information content (AvgIpc) is 2.39. The van der Waals surface area contributed by atoms with Crippen LogP contribution < -0.4 is 10.6 Å². The summed E-state index contributed by atoms with van der Waals surface area (Å²) in [5.41, 5.74) is 0. The predicted octanol–water partition coefficient (Wildman–Crippen LogP) is 2.71. The molecule has 19 heavy (non-hydrogen) atoms.